The number of aromatic nitrogens is 2. The Hall–Kier alpha value is -0.961. The summed E-state index contributed by atoms with van der Waals surface area (Å²) in [6.07, 6.45) is -3.58. The van der Waals surface area contributed by atoms with Crippen LogP contribution in [0.4, 0.5) is 0 Å². The number of rotatable bonds is 2. The molecule has 0 aromatic carbocycles. The predicted octanol–water partition coefficient (Wildman–Crippen LogP) is -2.85. The van der Waals surface area contributed by atoms with Gasteiger partial charge in [0.2, 0.25) is 0 Å². The summed E-state index contributed by atoms with van der Waals surface area (Å²) in [7, 11) is 0. The van der Waals surface area contributed by atoms with E-state index in [0.717, 1.165) is 16.8 Å². The Kier molecular flexibility index (Phi) is 4.85. The van der Waals surface area contributed by atoms with Gasteiger partial charge in [0, 0.05) is 29.3 Å². The zero-order chi connectivity index (χ0) is 12.6. The Morgan fingerprint density at radius 3 is 2.50 bits per heavy atom. The number of H-pyrrole nitrogens is 1. The summed E-state index contributed by atoms with van der Waals surface area (Å²) in [5, 5.41) is 28.1. The molecule has 2 heterocycles. The Bertz CT molecular complexity index is 514. The van der Waals surface area contributed by atoms with E-state index < -0.39 is 42.4 Å². The molecule has 1 saturated heterocycles. The van der Waals surface area contributed by atoms with Gasteiger partial charge in [0.05, 0.1) is 6.61 Å². The summed E-state index contributed by atoms with van der Waals surface area (Å²) in [5.74, 6) is 0. The second-order valence-electron chi connectivity index (χ2n) is 3.75. The van der Waals surface area contributed by atoms with Crippen molar-refractivity contribution in [2.45, 2.75) is 24.5 Å². The molecule has 1 fully saturated rings. The number of hydrogen-bond acceptors (Lipinski definition) is 6. The van der Waals surface area contributed by atoms with Crippen LogP contribution in [0.25, 0.3) is 0 Å². The van der Waals surface area contributed by atoms with Crippen LogP contribution in [0.1, 0.15) is 6.23 Å². The number of hydrogen-bond donors (Lipinski definition) is 4. The van der Waals surface area contributed by atoms with Crippen molar-refractivity contribution in [1.82, 2.24) is 9.55 Å². The number of nitrogens with zero attached hydrogens (tertiary/aromatic N) is 1. The van der Waals surface area contributed by atoms with Crippen LogP contribution >= 0.6 is 0 Å². The van der Waals surface area contributed by atoms with E-state index >= 15 is 0 Å². The van der Waals surface area contributed by atoms with E-state index in [-0.39, 0.29) is 17.1 Å². The van der Waals surface area contributed by atoms with Crippen molar-refractivity contribution in [2.75, 3.05) is 6.61 Å². The van der Waals surface area contributed by atoms with E-state index in [1.807, 2.05) is 4.98 Å². The minimum atomic E-state index is -1.35. The van der Waals surface area contributed by atoms with Crippen molar-refractivity contribution in [3.05, 3.63) is 33.1 Å². The van der Waals surface area contributed by atoms with Gasteiger partial charge in [-0.15, -0.1) is 0 Å². The van der Waals surface area contributed by atoms with Crippen LogP contribution in [-0.2, 0) is 21.8 Å². The SMILES string of the molecule is O=c1ccn([C@@H]2O[C@H](CO)[C@@H](O)[C@H]2O)c(=O)[nH]1.[Fe]. The Morgan fingerprint density at radius 1 is 1.33 bits per heavy atom. The van der Waals surface area contributed by atoms with Gasteiger partial charge >= 0.3 is 5.69 Å². The maximum atomic E-state index is 11.4. The molecule has 4 N–H and O–H groups in total. The molecular weight excluding hydrogens is 288 g/mol. The van der Waals surface area contributed by atoms with Crippen molar-refractivity contribution in [1.29, 1.82) is 0 Å². The summed E-state index contributed by atoms with van der Waals surface area (Å²) >= 11 is 0. The van der Waals surface area contributed by atoms with Gasteiger partial charge in [0.15, 0.2) is 6.23 Å². The van der Waals surface area contributed by atoms with Crippen LogP contribution in [0.3, 0.4) is 0 Å². The van der Waals surface area contributed by atoms with Crippen LogP contribution in [0.15, 0.2) is 21.9 Å². The fourth-order valence-electron chi connectivity index (χ4n) is 1.74. The zero-order valence-corrected chi connectivity index (χ0v) is 10.1. The Labute approximate surface area is 111 Å². The van der Waals surface area contributed by atoms with Gasteiger partial charge in [-0.25, -0.2) is 4.79 Å². The van der Waals surface area contributed by atoms with Crippen molar-refractivity contribution in [2.24, 2.45) is 0 Å². The summed E-state index contributed by atoms with van der Waals surface area (Å²) in [6, 6.07) is 1.09. The molecule has 0 saturated carbocycles. The molecule has 4 atom stereocenters. The monoisotopic (exact) mass is 300 g/mol. The molecule has 9 heteroatoms. The van der Waals surface area contributed by atoms with Crippen LogP contribution in [0, 0.1) is 0 Å². The molecule has 1 aromatic heterocycles. The molecule has 8 nitrogen and oxygen atoms in total. The van der Waals surface area contributed by atoms with Gasteiger partial charge in [-0.1, -0.05) is 0 Å². The van der Waals surface area contributed by atoms with Crippen LogP contribution in [0.5, 0.6) is 0 Å². The number of aliphatic hydroxyl groups is 3. The first-order valence-corrected chi connectivity index (χ1v) is 4.98. The van der Waals surface area contributed by atoms with Crippen molar-refractivity contribution >= 4 is 0 Å². The third kappa shape index (κ3) is 2.56. The summed E-state index contributed by atoms with van der Waals surface area (Å²) in [5.41, 5.74) is -1.33. The van der Waals surface area contributed by atoms with Gasteiger partial charge in [0.1, 0.15) is 18.3 Å². The van der Waals surface area contributed by atoms with E-state index in [4.69, 9.17) is 9.84 Å². The first-order valence-electron chi connectivity index (χ1n) is 4.98. The quantitative estimate of drug-likeness (QED) is 0.436. The molecular formula is C9H12FeN2O6. The minimum Gasteiger partial charge on any atom is -0.394 e. The first kappa shape index (κ1) is 15.1. The third-order valence-corrected chi connectivity index (χ3v) is 2.64. The van der Waals surface area contributed by atoms with Gasteiger partial charge in [-0.3, -0.25) is 14.3 Å². The van der Waals surface area contributed by atoms with Crippen LogP contribution in [0.2, 0.25) is 0 Å². The molecule has 102 valence electrons. The molecule has 2 rings (SSSR count). The molecule has 0 unspecified atom stereocenters. The van der Waals surface area contributed by atoms with E-state index in [1.54, 1.807) is 0 Å². The smallest absolute Gasteiger partial charge is 0.330 e. The van der Waals surface area contributed by atoms with Crippen molar-refractivity contribution < 1.29 is 37.1 Å². The zero-order valence-electron chi connectivity index (χ0n) is 9.04. The van der Waals surface area contributed by atoms with Gasteiger partial charge in [-0.2, -0.15) is 0 Å². The first-order chi connectivity index (χ1) is 8.04. The summed E-state index contributed by atoms with van der Waals surface area (Å²) < 4.78 is 6.08. The van der Waals surface area contributed by atoms with E-state index in [0.29, 0.717) is 0 Å². The molecule has 0 aliphatic carbocycles. The second-order valence-corrected chi connectivity index (χ2v) is 3.75. The van der Waals surface area contributed by atoms with Gasteiger partial charge in [0.25, 0.3) is 5.56 Å². The van der Waals surface area contributed by atoms with Crippen LogP contribution in [-0.4, -0.2) is 49.8 Å². The van der Waals surface area contributed by atoms with Crippen LogP contribution < -0.4 is 11.2 Å². The molecule has 0 radical (unpaired) electrons. The molecule has 0 bridgehead atoms. The Balaban J connectivity index is 0.00000162. The maximum Gasteiger partial charge on any atom is 0.330 e. The van der Waals surface area contributed by atoms with Crippen molar-refractivity contribution in [3.63, 3.8) is 0 Å². The van der Waals surface area contributed by atoms with Gasteiger partial charge < -0.3 is 20.1 Å². The fourth-order valence-corrected chi connectivity index (χ4v) is 1.74. The van der Waals surface area contributed by atoms with E-state index in [1.165, 1.54) is 0 Å². The molecule has 1 aliphatic rings. The standard InChI is InChI=1S/C9H12N2O6.Fe/c12-3-4-6(14)7(15)8(17-4)11-2-1-5(13)10-9(11)16;/h1-2,4,6-8,12,14-15H,3H2,(H,10,13,16);/t4-,6-,7-,8-;/m1./s1. The molecule has 0 spiro atoms. The number of ether oxygens (including phenoxy) is 1. The Morgan fingerprint density at radius 2 is 2.00 bits per heavy atom. The minimum absolute atomic E-state index is 0. The average Bonchev–Trinajstić information content (AvgIpc) is 2.57. The maximum absolute atomic E-state index is 11.4. The summed E-state index contributed by atoms with van der Waals surface area (Å²) in [6.45, 7) is -0.479. The summed E-state index contributed by atoms with van der Waals surface area (Å²) in [4.78, 5) is 24.3. The molecule has 1 aromatic rings. The molecule has 1 aliphatic heterocycles. The second kappa shape index (κ2) is 5.79. The predicted molar refractivity (Wildman–Crippen MR) is 54.3 cm³/mol. The van der Waals surface area contributed by atoms with Gasteiger partial charge in [-0.05, 0) is 0 Å². The molecule has 0 amide bonds. The third-order valence-electron chi connectivity index (χ3n) is 2.64. The normalized spacial score (nSPS) is 31.1. The number of aliphatic hydroxyl groups excluding tert-OH is 3. The van der Waals surface area contributed by atoms with E-state index in [9.17, 15) is 19.8 Å². The van der Waals surface area contributed by atoms with Crippen molar-refractivity contribution in [3.8, 4) is 0 Å². The largest absolute Gasteiger partial charge is 0.394 e. The number of aromatic amines is 1. The van der Waals surface area contributed by atoms with E-state index in [2.05, 4.69) is 0 Å². The number of nitrogens with one attached hydrogen (secondary N) is 1. The topological polar surface area (TPSA) is 125 Å². The molecule has 18 heavy (non-hydrogen) atoms. The average molecular weight is 300 g/mol. The fraction of sp³-hybridized carbons (Fsp3) is 0.556.